The Kier molecular flexibility index (Phi) is 7.31. The number of carbonyl (C=O) groups is 3. The number of nitrogens with zero attached hydrogens (tertiary/aromatic N) is 3. The standard InChI is InChI=1S/C25H23F6N3O4/c1-15-22(36)32(12-16-5-3-2-4-6-16)13-20-33(8-7-21(35)34(15)20)23(37)38-14-17-9-18(24(26,27)28)11-19(10-17)25(29,30)31/h2-6,9-11,15,20H,7-8,12-14H2,1H3. The third-order valence-corrected chi connectivity index (χ3v) is 6.47. The van der Waals surface area contributed by atoms with Crippen LogP contribution in [0.5, 0.6) is 0 Å². The third-order valence-electron chi connectivity index (χ3n) is 6.47. The molecule has 7 nitrogen and oxygen atoms in total. The predicted molar refractivity (Wildman–Crippen MR) is 120 cm³/mol. The summed E-state index contributed by atoms with van der Waals surface area (Å²) in [5, 5.41) is 0. The Morgan fingerprint density at radius 2 is 1.55 bits per heavy atom. The second kappa shape index (κ2) is 10.2. The van der Waals surface area contributed by atoms with Crippen molar-refractivity contribution in [3.05, 3.63) is 70.8 Å². The number of piperazine rings is 1. The van der Waals surface area contributed by atoms with Crippen molar-refractivity contribution in [2.75, 3.05) is 13.1 Å². The lowest BCUT2D eigenvalue weighted by Gasteiger charge is -2.51. The van der Waals surface area contributed by atoms with Crippen LogP contribution >= 0.6 is 0 Å². The minimum atomic E-state index is -5.04. The van der Waals surface area contributed by atoms with E-state index in [0.717, 1.165) is 5.56 Å². The van der Waals surface area contributed by atoms with Gasteiger partial charge < -0.3 is 14.5 Å². The fourth-order valence-electron chi connectivity index (χ4n) is 4.63. The van der Waals surface area contributed by atoms with E-state index in [-0.39, 0.29) is 43.9 Å². The third kappa shape index (κ3) is 5.70. The molecule has 0 aliphatic carbocycles. The highest BCUT2D eigenvalue weighted by Gasteiger charge is 2.47. The fraction of sp³-hybridized carbons (Fsp3) is 0.400. The van der Waals surface area contributed by atoms with E-state index >= 15 is 0 Å². The molecule has 38 heavy (non-hydrogen) atoms. The van der Waals surface area contributed by atoms with E-state index in [4.69, 9.17) is 4.74 Å². The molecule has 204 valence electrons. The number of hydrogen-bond acceptors (Lipinski definition) is 4. The highest BCUT2D eigenvalue weighted by Crippen LogP contribution is 2.36. The molecule has 2 aliphatic rings. The molecule has 3 amide bonds. The van der Waals surface area contributed by atoms with Gasteiger partial charge in [-0.1, -0.05) is 30.3 Å². The summed E-state index contributed by atoms with van der Waals surface area (Å²) in [5.74, 6) is -0.677. The zero-order valence-corrected chi connectivity index (χ0v) is 20.1. The Labute approximate surface area is 213 Å². The number of halogens is 6. The monoisotopic (exact) mass is 543 g/mol. The van der Waals surface area contributed by atoms with Gasteiger partial charge in [0.25, 0.3) is 0 Å². The first-order valence-corrected chi connectivity index (χ1v) is 11.6. The lowest BCUT2D eigenvalue weighted by molar-refractivity contribution is -0.167. The van der Waals surface area contributed by atoms with Crippen LogP contribution < -0.4 is 0 Å². The largest absolute Gasteiger partial charge is 0.444 e. The number of carbonyl (C=O) groups excluding carboxylic acids is 3. The SMILES string of the molecule is CC1C(=O)N(Cc2ccccc2)CC2N(C(=O)OCc3cc(C(F)(F)F)cc(C(F)(F)F)c3)CCC(=O)N12. The molecule has 0 spiro atoms. The average molecular weight is 543 g/mol. The maximum absolute atomic E-state index is 13.2. The van der Waals surface area contributed by atoms with Gasteiger partial charge in [0.2, 0.25) is 11.8 Å². The van der Waals surface area contributed by atoms with Gasteiger partial charge in [-0.2, -0.15) is 26.3 Å². The molecule has 2 fully saturated rings. The van der Waals surface area contributed by atoms with Crippen molar-refractivity contribution >= 4 is 17.9 Å². The summed E-state index contributed by atoms with van der Waals surface area (Å²) in [5.41, 5.74) is -2.72. The van der Waals surface area contributed by atoms with Crippen LogP contribution in [0.25, 0.3) is 0 Å². The number of rotatable bonds is 4. The van der Waals surface area contributed by atoms with E-state index in [1.807, 2.05) is 18.2 Å². The van der Waals surface area contributed by atoms with Crippen LogP contribution in [0.15, 0.2) is 48.5 Å². The summed E-state index contributed by atoms with van der Waals surface area (Å²) >= 11 is 0. The molecule has 0 radical (unpaired) electrons. The minimum absolute atomic E-state index is 0.0127. The van der Waals surface area contributed by atoms with Crippen LogP contribution in [0.4, 0.5) is 31.1 Å². The smallest absolute Gasteiger partial charge is 0.416 e. The molecular formula is C25H23F6N3O4. The highest BCUT2D eigenvalue weighted by atomic mass is 19.4. The molecule has 0 saturated carbocycles. The lowest BCUT2D eigenvalue weighted by atomic mass is 10.0. The lowest BCUT2D eigenvalue weighted by Crippen LogP contribution is -2.70. The maximum atomic E-state index is 13.2. The van der Waals surface area contributed by atoms with E-state index in [0.29, 0.717) is 12.1 Å². The normalized spacial score (nSPS) is 20.4. The van der Waals surface area contributed by atoms with Gasteiger partial charge in [0.1, 0.15) is 18.8 Å². The molecule has 0 bridgehead atoms. The number of fused-ring (bicyclic) bond motifs is 1. The number of benzene rings is 2. The number of amides is 3. The highest BCUT2D eigenvalue weighted by molar-refractivity contribution is 5.90. The van der Waals surface area contributed by atoms with Gasteiger partial charge in [0, 0.05) is 19.5 Å². The molecule has 2 heterocycles. The van der Waals surface area contributed by atoms with Crippen LogP contribution in [-0.2, 0) is 39.8 Å². The number of ether oxygens (including phenoxy) is 1. The van der Waals surface area contributed by atoms with E-state index in [9.17, 15) is 40.7 Å². The molecule has 2 saturated heterocycles. The molecule has 0 N–H and O–H groups in total. The summed E-state index contributed by atoms with van der Waals surface area (Å²) in [6.45, 7) is 0.762. The van der Waals surface area contributed by atoms with Crippen LogP contribution in [0.3, 0.4) is 0 Å². The van der Waals surface area contributed by atoms with Crippen molar-refractivity contribution in [2.45, 2.75) is 51.1 Å². The molecular weight excluding hydrogens is 520 g/mol. The van der Waals surface area contributed by atoms with Gasteiger partial charge in [-0.25, -0.2) is 4.79 Å². The first kappa shape index (κ1) is 27.3. The zero-order valence-electron chi connectivity index (χ0n) is 20.1. The van der Waals surface area contributed by atoms with Gasteiger partial charge in [-0.3, -0.25) is 14.5 Å². The minimum Gasteiger partial charge on any atom is -0.444 e. The Bertz CT molecular complexity index is 1190. The summed E-state index contributed by atoms with van der Waals surface area (Å²) in [7, 11) is 0. The van der Waals surface area contributed by atoms with Gasteiger partial charge in [-0.15, -0.1) is 0 Å². The van der Waals surface area contributed by atoms with Gasteiger partial charge in [0.05, 0.1) is 17.7 Å². The van der Waals surface area contributed by atoms with E-state index < -0.39 is 54.0 Å². The van der Waals surface area contributed by atoms with Crippen LogP contribution in [0, 0.1) is 0 Å². The first-order valence-electron chi connectivity index (χ1n) is 11.6. The maximum Gasteiger partial charge on any atom is 0.416 e. The van der Waals surface area contributed by atoms with Gasteiger partial charge in [-0.05, 0) is 36.2 Å². The summed E-state index contributed by atoms with van der Waals surface area (Å²) in [4.78, 5) is 42.5. The number of alkyl halides is 6. The topological polar surface area (TPSA) is 70.2 Å². The van der Waals surface area contributed by atoms with Gasteiger partial charge in [0.15, 0.2) is 0 Å². The zero-order chi connectivity index (χ0) is 27.8. The predicted octanol–water partition coefficient (Wildman–Crippen LogP) is 4.65. The Hall–Kier alpha value is -3.77. The first-order chi connectivity index (χ1) is 17.8. The fourth-order valence-corrected chi connectivity index (χ4v) is 4.63. The van der Waals surface area contributed by atoms with E-state index in [1.165, 1.54) is 21.6 Å². The second-order valence-corrected chi connectivity index (χ2v) is 9.07. The second-order valence-electron chi connectivity index (χ2n) is 9.07. The van der Waals surface area contributed by atoms with Gasteiger partial charge >= 0.3 is 18.4 Å². The van der Waals surface area contributed by atoms with Crippen molar-refractivity contribution in [1.82, 2.24) is 14.7 Å². The van der Waals surface area contributed by atoms with Crippen LogP contribution in [0.2, 0.25) is 0 Å². The number of hydrogen-bond donors (Lipinski definition) is 0. The Morgan fingerprint density at radius 3 is 2.13 bits per heavy atom. The van der Waals surface area contributed by atoms with Crippen molar-refractivity contribution in [1.29, 1.82) is 0 Å². The average Bonchev–Trinajstić information content (AvgIpc) is 2.85. The molecule has 0 aromatic heterocycles. The van der Waals surface area contributed by atoms with Crippen LogP contribution in [0.1, 0.15) is 35.6 Å². The van der Waals surface area contributed by atoms with Crippen molar-refractivity contribution in [2.24, 2.45) is 0 Å². The van der Waals surface area contributed by atoms with E-state index in [1.54, 1.807) is 12.1 Å². The molecule has 2 unspecified atom stereocenters. The summed E-state index contributed by atoms with van der Waals surface area (Å²) in [6, 6.07) is 9.09. The summed E-state index contributed by atoms with van der Waals surface area (Å²) in [6.07, 6.45) is -12.1. The van der Waals surface area contributed by atoms with Crippen molar-refractivity contribution in [3.63, 3.8) is 0 Å². The van der Waals surface area contributed by atoms with Crippen molar-refractivity contribution in [3.8, 4) is 0 Å². The molecule has 2 aromatic carbocycles. The molecule has 2 atom stereocenters. The molecule has 13 heteroatoms. The van der Waals surface area contributed by atoms with Crippen LogP contribution in [-0.4, -0.2) is 57.9 Å². The molecule has 4 rings (SSSR count). The Morgan fingerprint density at radius 1 is 0.947 bits per heavy atom. The molecule has 2 aromatic rings. The quantitative estimate of drug-likeness (QED) is 0.527. The van der Waals surface area contributed by atoms with E-state index in [2.05, 4.69) is 0 Å². The molecule has 2 aliphatic heterocycles. The Balaban J connectivity index is 1.53. The summed E-state index contributed by atoms with van der Waals surface area (Å²) < 4.78 is 84.1. The van der Waals surface area contributed by atoms with Crippen molar-refractivity contribution < 1.29 is 45.5 Å².